The van der Waals surface area contributed by atoms with Crippen molar-refractivity contribution < 1.29 is 8.42 Å². The summed E-state index contributed by atoms with van der Waals surface area (Å²) in [5.74, 6) is 0. The molecule has 1 aromatic rings. The Balaban J connectivity index is 2.13. The zero-order chi connectivity index (χ0) is 13.9. The lowest BCUT2D eigenvalue weighted by Gasteiger charge is -2.21. The van der Waals surface area contributed by atoms with Crippen molar-refractivity contribution in [3.63, 3.8) is 0 Å². The molecule has 1 aliphatic rings. The van der Waals surface area contributed by atoms with Crippen molar-refractivity contribution in [2.75, 3.05) is 20.1 Å². The average Bonchev–Trinajstić information content (AvgIpc) is 2.91. The summed E-state index contributed by atoms with van der Waals surface area (Å²) in [5, 5.41) is 12.0. The first kappa shape index (κ1) is 14.0. The van der Waals surface area contributed by atoms with Crippen molar-refractivity contribution in [2.45, 2.75) is 23.8 Å². The number of sulfonamides is 1. The van der Waals surface area contributed by atoms with Gasteiger partial charge in [-0.3, -0.25) is 0 Å². The topological polar surface area (TPSA) is 73.2 Å². The summed E-state index contributed by atoms with van der Waals surface area (Å²) >= 11 is 0. The van der Waals surface area contributed by atoms with Gasteiger partial charge in [0.15, 0.2) is 0 Å². The van der Waals surface area contributed by atoms with Gasteiger partial charge in [-0.25, -0.2) is 8.42 Å². The van der Waals surface area contributed by atoms with Crippen LogP contribution in [0.15, 0.2) is 29.2 Å². The van der Waals surface area contributed by atoms with Crippen LogP contribution in [-0.2, 0) is 10.0 Å². The summed E-state index contributed by atoms with van der Waals surface area (Å²) < 4.78 is 26.0. The van der Waals surface area contributed by atoms with Gasteiger partial charge in [0.1, 0.15) is 0 Å². The molecule has 1 heterocycles. The molecule has 0 bridgehead atoms. The van der Waals surface area contributed by atoms with E-state index < -0.39 is 10.0 Å². The van der Waals surface area contributed by atoms with Crippen LogP contribution in [0.3, 0.4) is 0 Å². The molecule has 102 valence electrons. The van der Waals surface area contributed by atoms with Crippen molar-refractivity contribution in [3.05, 3.63) is 29.8 Å². The first-order valence-electron chi connectivity index (χ1n) is 6.24. The van der Waals surface area contributed by atoms with E-state index in [1.807, 2.05) is 6.07 Å². The van der Waals surface area contributed by atoms with Gasteiger partial charge < -0.3 is 5.32 Å². The van der Waals surface area contributed by atoms with Gasteiger partial charge in [-0.1, -0.05) is 0 Å². The molecule has 0 spiro atoms. The predicted molar refractivity (Wildman–Crippen MR) is 72.0 cm³/mol. The van der Waals surface area contributed by atoms with Crippen molar-refractivity contribution in [2.24, 2.45) is 0 Å². The predicted octanol–water partition coefficient (Wildman–Crippen LogP) is 0.931. The number of nitrogens with zero attached hydrogens (tertiary/aromatic N) is 2. The quantitative estimate of drug-likeness (QED) is 0.890. The SMILES string of the molecule is CN(CC1CCCN1)S(=O)(=O)c1ccc(C#N)cc1. The standard InChI is InChI=1S/C13H17N3O2S/c1-16(10-12-3-2-8-15-12)19(17,18)13-6-4-11(9-14)5-7-13/h4-7,12,15H,2-3,8,10H2,1H3. The molecule has 0 aromatic heterocycles. The molecule has 1 aromatic carbocycles. The first-order chi connectivity index (χ1) is 9.04. The second-order valence-electron chi connectivity index (χ2n) is 4.71. The van der Waals surface area contributed by atoms with Crippen LogP contribution < -0.4 is 5.32 Å². The molecule has 6 heteroatoms. The molecule has 1 fully saturated rings. The molecule has 1 unspecified atom stereocenters. The number of nitrogens with one attached hydrogen (secondary N) is 1. The monoisotopic (exact) mass is 279 g/mol. The van der Waals surface area contributed by atoms with Gasteiger partial charge in [0.05, 0.1) is 16.5 Å². The lowest BCUT2D eigenvalue weighted by Crippen LogP contribution is -2.38. The van der Waals surface area contributed by atoms with Crippen LogP contribution in [0.2, 0.25) is 0 Å². The summed E-state index contributed by atoms with van der Waals surface area (Å²) in [7, 11) is -1.88. The molecule has 19 heavy (non-hydrogen) atoms. The maximum Gasteiger partial charge on any atom is 0.242 e. The molecule has 1 aliphatic heterocycles. The molecular formula is C13H17N3O2S. The van der Waals surface area contributed by atoms with Crippen LogP contribution in [0.1, 0.15) is 18.4 Å². The van der Waals surface area contributed by atoms with Crippen molar-refractivity contribution in [3.8, 4) is 6.07 Å². The fraction of sp³-hybridized carbons (Fsp3) is 0.462. The van der Waals surface area contributed by atoms with Crippen LogP contribution in [0, 0.1) is 11.3 Å². The Morgan fingerprint density at radius 3 is 2.63 bits per heavy atom. The van der Waals surface area contributed by atoms with Crippen LogP contribution in [0.4, 0.5) is 0 Å². The van der Waals surface area contributed by atoms with E-state index in [9.17, 15) is 8.42 Å². The minimum Gasteiger partial charge on any atom is -0.313 e. The second kappa shape index (κ2) is 5.70. The van der Waals surface area contributed by atoms with E-state index in [2.05, 4.69) is 5.32 Å². The molecule has 0 saturated carbocycles. The van der Waals surface area contributed by atoms with Crippen molar-refractivity contribution in [1.29, 1.82) is 5.26 Å². The molecule has 2 rings (SSSR count). The molecule has 1 atom stereocenters. The van der Waals surface area contributed by atoms with Gasteiger partial charge in [0.25, 0.3) is 0 Å². The molecule has 0 amide bonds. The van der Waals surface area contributed by atoms with E-state index in [0.29, 0.717) is 12.1 Å². The van der Waals surface area contributed by atoms with Crippen LogP contribution in [0.5, 0.6) is 0 Å². The van der Waals surface area contributed by atoms with Crippen molar-refractivity contribution >= 4 is 10.0 Å². The largest absolute Gasteiger partial charge is 0.313 e. The highest BCUT2D eigenvalue weighted by atomic mass is 32.2. The Hall–Kier alpha value is -1.42. The number of benzene rings is 1. The zero-order valence-electron chi connectivity index (χ0n) is 10.8. The first-order valence-corrected chi connectivity index (χ1v) is 7.68. The van der Waals surface area contributed by atoms with E-state index in [1.54, 1.807) is 7.05 Å². The minimum absolute atomic E-state index is 0.229. The lowest BCUT2D eigenvalue weighted by atomic mass is 10.2. The highest BCUT2D eigenvalue weighted by molar-refractivity contribution is 7.89. The maximum absolute atomic E-state index is 12.3. The molecular weight excluding hydrogens is 262 g/mol. The van der Waals surface area contributed by atoms with Gasteiger partial charge in [-0.05, 0) is 43.7 Å². The van der Waals surface area contributed by atoms with Gasteiger partial charge in [0, 0.05) is 19.6 Å². The van der Waals surface area contributed by atoms with Gasteiger partial charge >= 0.3 is 0 Å². The average molecular weight is 279 g/mol. The second-order valence-corrected chi connectivity index (χ2v) is 6.76. The van der Waals surface area contributed by atoms with Gasteiger partial charge in [-0.15, -0.1) is 0 Å². The Morgan fingerprint density at radius 2 is 2.11 bits per heavy atom. The van der Waals surface area contributed by atoms with E-state index in [0.717, 1.165) is 19.4 Å². The van der Waals surface area contributed by atoms with E-state index in [-0.39, 0.29) is 10.9 Å². The van der Waals surface area contributed by atoms with E-state index in [4.69, 9.17) is 5.26 Å². The minimum atomic E-state index is -3.47. The number of hydrogen-bond donors (Lipinski definition) is 1. The summed E-state index contributed by atoms with van der Waals surface area (Å²) in [5.41, 5.74) is 0.457. The number of likely N-dealkylation sites (N-methyl/N-ethyl adjacent to an activating group) is 1. The Kier molecular flexibility index (Phi) is 4.20. The number of nitriles is 1. The fourth-order valence-corrected chi connectivity index (χ4v) is 3.42. The van der Waals surface area contributed by atoms with Gasteiger partial charge in [-0.2, -0.15) is 9.57 Å². The summed E-state index contributed by atoms with van der Waals surface area (Å²) in [6.07, 6.45) is 2.10. The third-order valence-electron chi connectivity index (χ3n) is 3.33. The molecule has 0 aliphatic carbocycles. The van der Waals surface area contributed by atoms with E-state index >= 15 is 0 Å². The zero-order valence-corrected chi connectivity index (χ0v) is 11.7. The molecule has 0 radical (unpaired) electrons. The third kappa shape index (κ3) is 3.13. The number of hydrogen-bond acceptors (Lipinski definition) is 4. The van der Waals surface area contributed by atoms with Gasteiger partial charge in [0.2, 0.25) is 10.0 Å². The lowest BCUT2D eigenvalue weighted by molar-refractivity contribution is 0.417. The maximum atomic E-state index is 12.3. The summed E-state index contributed by atoms with van der Waals surface area (Å²) in [6, 6.07) is 8.21. The Morgan fingerprint density at radius 1 is 1.42 bits per heavy atom. The highest BCUT2D eigenvalue weighted by Gasteiger charge is 2.25. The normalized spacial score (nSPS) is 19.5. The Bertz CT molecular complexity index is 569. The third-order valence-corrected chi connectivity index (χ3v) is 5.17. The summed E-state index contributed by atoms with van der Waals surface area (Å²) in [6.45, 7) is 1.43. The Labute approximate surface area is 113 Å². The molecule has 1 saturated heterocycles. The van der Waals surface area contributed by atoms with Crippen molar-refractivity contribution in [1.82, 2.24) is 9.62 Å². The van der Waals surface area contributed by atoms with Crippen LogP contribution in [0.25, 0.3) is 0 Å². The van der Waals surface area contributed by atoms with Crippen LogP contribution >= 0.6 is 0 Å². The number of rotatable bonds is 4. The smallest absolute Gasteiger partial charge is 0.242 e. The molecule has 5 nitrogen and oxygen atoms in total. The fourth-order valence-electron chi connectivity index (χ4n) is 2.20. The highest BCUT2D eigenvalue weighted by Crippen LogP contribution is 2.16. The van der Waals surface area contributed by atoms with Crippen LogP contribution in [-0.4, -0.2) is 38.9 Å². The summed E-state index contributed by atoms with van der Waals surface area (Å²) in [4.78, 5) is 0.229. The van der Waals surface area contributed by atoms with E-state index in [1.165, 1.54) is 28.6 Å². The molecule has 1 N–H and O–H groups in total.